The molecular weight excluding hydrogens is 656 g/mol. The standard InChI is InChI=1S/C23H11BrClF10N3O2/c24-38(19(40)11-2-1-3-14(8-11)37-18(39)12-4-7-17(25)36-10-12)16-6-5-13(9-15(16)21(27,28)29)20(26,22(30,31)32)23(33,34)35/h1-10H,(H,37,39). The summed E-state index contributed by atoms with van der Waals surface area (Å²) in [7, 11) is 0. The van der Waals surface area contributed by atoms with Crippen LogP contribution >= 0.6 is 27.7 Å². The molecule has 0 fully saturated rings. The van der Waals surface area contributed by atoms with Crippen LogP contribution in [0.25, 0.3) is 0 Å². The summed E-state index contributed by atoms with van der Waals surface area (Å²) in [6, 6.07) is 6.54. The molecule has 214 valence electrons. The third-order valence-electron chi connectivity index (χ3n) is 5.23. The van der Waals surface area contributed by atoms with E-state index < -0.39 is 58.9 Å². The van der Waals surface area contributed by atoms with Gasteiger partial charge in [-0.1, -0.05) is 23.7 Å². The highest BCUT2D eigenvalue weighted by atomic mass is 79.9. The van der Waals surface area contributed by atoms with Crippen LogP contribution in [0.1, 0.15) is 31.8 Å². The Bertz CT molecular complexity index is 1410. The third-order valence-corrected chi connectivity index (χ3v) is 6.16. The van der Waals surface area contributed by atoms with E-state index in [-0.39, 0.29) is 38.0 Å². The van der Waals surface area contributed by atoms with Crippen LogP contribution in [0.5, 0.6) is 0 Å². The minimum atomic E-state index is -6.66. The average Bonchev–Trinajstić information content (AvgIpc) is 2.85. The van der Waals surface area contributed by atoms with Gasteiger partial charge in [-0.15, -0.1) is 0 Å². The van der Waals surface area contributed by atoms with Gasteiger partial charge in [0.2, 0.25) is 0 Å². The van der Waals surface area contributed by atoms with Gasteiger partial charge in [0.1, 0.15) is 5.15 Å². The lowest BCUT2D eigenvalue weighted by Crippen LogP contribution is -2.50. The predicted octanol–water partition coefficient (Wildman–Crippen LogP) is 8.25. The lowest BCUT2D eigenvalue weighted by molar-refractivity contribution is -0.348. The highest BCUT2D eigenvalue weighted by Gasteiger charge is 2.73. The maximum absolute atomic E-state index is 14.4. The number of alkyl halides is 10. The van der Waals surface area contributed by atoms with Crippen LogP contribution in [-0.4, -0.2) is 29.2 Å². The fourth-order valence-corrected chi connectivity index (χ4v) is 3.93. The molecule has 3 rings (SSSR count). The Morgan fingerprint density at radius 1 is 0.825 bits per heavy atom. The van der Waals surface area contributed by atoms with Gasteiger partial charge < -0.3 is 5.32 Å². The fourth-order valence-electron chi connectivity index (χ4n) is 3.30. The number of hydrogen-bond acceptors (Lipinski definition) is 3. The molecule has 0 unspecified atom stereocenters. The minimum absolute atomic E-state index is 0.0179. The first kappa shape index (κ1) is 31.1. The van der Waals surface area contributed by atoms with Crippen LogP contribution in [-0.2, 0) is 11.8 Å². The zero-order valence-electron chi connectivity index (χ0n) is 19.0. The highest BCUT2D eigenvalue weighted by Crippen LogP contribution is 2.54. The fraction of sp³-hybridized carbons (Fsp3) is 0.174. The van der Waals surface area contributed by atoms with Gasteiger partial charge in [0, 0.05) is 23.0 Å². The maximum atomic E-state index is 14.4. The topological polar surface area (TPSA) is 62.3 Å². The number of nitrogens with zero attached hydrogens (tertiary/aromatic N) is 2. The molecule has 0 atom stereocenters. The molecule has 0 saturated carbocycles. The number of carbonyl (C=O) groups excluding carboxylic acids is 2. The van der Waals surface area contributed by atoms with E-state index in [9.17, 15) is 53.5 Å². The van der Waals surface area contributed by atoms with Crippen molar-refractivity contribution in [3.63, 3.8) is 0 Å². The minimum Gasteiger partial charge on any atom is -0.322 e. The summed E-state index contributed by atoms with van der Waals surface area (Å²) in [5.41, 5.74) is -12.3. The van der Waals surface area contributed by atoms with Crippen LogP contribution in [0.3, 0.4) is 0 Å². The summed E-state index contributed by atoms with van der Waals surface area (Å²) < 4.78 is 134. The second-order valence-electron chi connectivity index (χ2n) is 7.87. The van der Waals surface area contributed by atoms with E-state index in [1.54, 1.807) is 0 Å². The lowest BCUT2D eigenvalue weighted by atomic mass is 9.92. The summed E-state index contributed by atoms with van der Waals surface area (Å²) in [6.45, 7) is 0. The largest absolute Gasteiger partial charge is 0.435 e. The molecule has 0 radical (unpaired) electrons. The van der Waals surface area contributed by atoms with Crippen LogP contribution in [0.2, 0.25) is 5.15 Å². The number of carbonyl (C=O) groups is 2. The predicted molar refractivity (Wildman–Crippen MR) is 126 cm³/mol. The molecule has 1 heterocycles. The molecule has 5 nitrogen and oxygen atoms in total. The van der Waals surface area contributed by atoms with Crippen molar-refractivity contribution in [1.82, 2.24) is 4.98 Å². The van der Waals surface area contributed by atoms with Crippen LogP contribution in [0.4, 0.5) is 55.3 Å². The number of benzene rings is 2. The molecule has 1 N–H and O–H groups in total. The Balaban J connectivity index is 1.99. The molecule has 0 saturated heterocycles. The molecule has 0 spiro atoms. The van der Waals surface area contributed by atoms with Crippen LogP contribution in [0, 0.1) is 0 Å². The van der Waals surface area contributed by atoms with Gasteiger partial charge in [-0.2, -0.15) is 39.5 Å². The zero-order chi connectivity index (χ0) is 30.3. The smallest absolute Gasteiger partial charge is 0.322 e. The molecule has 1 aromatic heterocycles. The molecule has 3 aromatic rings. The number of aromatic nitrogens is 1. The molecule has 2 aromatic carbocycles. The summed E-state index contributed by atoms with van der Waals surface area (Å²) >= 11 is 8.19. The lowest BCUT2D eigenvalue weighted by Gasteiger charge is -2.31. The third kappa shape index (κ3) is 6.16. The average molecular weight is 667 g/mol. The molecule has 0 aliphatic rings. The monoisotopic (exact) mass is 665 g/mol. The number of pyridine rings is 1. The number of halogens is 12. The maximum Gasteiger partial charge on any atom is 0.435 e. The Morgan fingerprint density at radius 2 is 1.45 bits per heavy atom. The van der Waals surface area contributed by atoms with Crippen molar-refractivity contribution in [1.29, 1.82) is 0 Å². The number of amides is 2. The van der Waals surface area contributed by atoms with Crippen molar-refractivity contribution in [3.8, 4) is 0 Å². The Hall–Kier alpha value is -3.40. The van der Waals surface area contributed by atoms with E-state index in [0.717, 1.165) is 18.3 Å². The molecule has 40 heavy (non-hydrogen) atoms. The molecule has 0 aliphatic heterocycles. The van der Waals surface area contributed by atoms with Gasteiger partial charge in [0.15, 0.2) is 0 Å². The van der Waals surface area contributed by atoms with Gasteiger partial charge in [-0.3, -0.25) is 9.59 Å². The quantitative estimate of drug-likeness (QED) is 0.170. The van der Waals surface area contributed by atoms with Crippen LogP contribution in [0.15, 0.2) is 60.8 Å². The molecule has 17 heteroatoms. The van der Waals surface area contributed by atoms with E-state index >= 15 is 0 Å². The van der Waals surface area contributed by atoms with Gasteiger partial charge in [0.25, 0.3) is 11.8 Å². The second kappa shape index (κ2) is 10.9. The van der Waals surface area contributed by atoms with Gasteiger partial charge in [0.05, 0.1) is 33.0 Å². The Kier molecular flexibility index (Phi) is 8.46. The second-order valence-corrected chi connectivity index (χ2v) is 8.97. The first-order valence-corrected chi connectivity index (χ1v) is 11.4. The molecule has 0 aliphatic carbocycles. The van der Waals surface area contributed by atoms with E-state index in [1.165, 1.54) is 24.3 Å². The number of hydrogen-bond donors (Lipinski definition) is 1. The summed E-state index contributed by atoms with van der Waals surface area (Å²) in [6.07, 6.45) is -17.8. The first-order valence-electron chi connectivity index (χ1n) is 10.3. The summed E-state index contributed by atoms with van der Waals surface area (Å²) in [5, 5.41) is 2.50. The first-order chi connectivity index (χ1) is 18.3. The summed E-state index contributed by atoms with van der Waals surface area (Å²) in [5.74, 6) is -1.98. The van der Waals surface area contributed by atoms with Crippen LogP contribution < -0.4 is 9.24 Å². The normalized spacial score (nSPS) is 12.7. The van der Waals surface area contributed by atoms with Crippen molar-refractivity contribution in [2.75, 3.05) is 9.24 Å². The van der Waals surface area contributed by atoms with Crippen molar-refractivity contribution in [2.24, 2.45) is 0 Å². The van der Waals surface area contributed by atoms with E-state index in [2.05, 4.69) is 26.4 Å². The van der Waals surface area contributed by atoms with Crippen molar-refractivity contribution >= 4 is 50.9 Å². The van der Waals surface area contributed by atoms with Crippen molar-refractivity contribution in [2.45, 2.75) is 24.2 Å². The van der Waals surface area contributed by atoms with Gasteiger partial charge in [-0.05, 0) is 42.5 Å². The highest BCUT2D eigenvalue weighted by molar-refractivity contribution is 9.10. The van der Waals surface area contributed by atoms with E-state index in [0.29, 0.717) is 0 Å². The molecular formula is C23H11BrClF10N3O2. The van der Waals surface area contributed by atoms with Gasteiger partial charge in [-0.25, -0.2) is 13.3 Å². The SMILES string of the molecule is O=C(Nc1cccc(C(=O)N(Br)c2ccc(C(F)(C(F)(F)F)C(F)(F)F)cc2C(F)(F)F)c1)c1ccc(Cl)nc1. The Labute approximate surface area is 231 Å². The number of nitrogens with one attached hydrogen (secondary N) is 1. The molecule has 0 bridgehead atoms. The molecule has 2 amide bonds. The van der Waals surface area contributed by atoms with Crippen molar-refractivity contribution in [3.05, 3.63) is 88.2 Å². The summed E-state index contributed by atoms with van der Waals surface area (Å²) in [4.78, 5) is 29.0. The van der Waals surface area contributed by atoms with E-state index in [4.69, 9.17) is 11.6 Å². The van der Waals surface area contributed by atoms with E-state index in [1.807, 2.05) is 0 Å². The van der Waals surface area contributed by atoms with Gasteiger partial charge >= 0.3 is 24.2 Å². The number of anilines is 2. The number of rotatable bonds is 5. The Morgan fingerprint density at radius 3 is 1.98 bits per heavy atom. The zero-order valence-corrected chi connectivity index (χ0v) is 21.4. The van der Waals surface area contributed by atoms with Crippen molar-refractivity contribution < 1.29 is 53.5 Å².